The summed E-state index contributed by atoms with van der Waals surface area (Å²) in [6.45, 7) is 10.0. The van der Waals surface area contributed by atoms with E-state index < -0.39 is 14.8 Å². The van der Waals surface area contributed by atoms with Crippen molar-refractivity contribution in [3.8, 4) is 0 Å². The number of rotatable bonds is 8. The van der Waals surface area contributed by atoms with Crippen molar-refractivity contribution in [1.82, 2.24) is 0 Å². The lowest BCUT2D eigenvalue weighted by atomic mass is 10.3. The molecule has 0 amide bonds. The van der Waals surface area contributed by atoms with Gasteiger partial charge in [-0.15, -0.1) is 0 Å². The van der Waals surface area contributed by atoms with E-state index in [1.54, 1.807) is 6.92 Å². The Morgan fingerprint density at radius 1 is 1.00 bits per heavy atom. The number of carbonyl (C=O) groups is 1. The van der Waals surface area contributed by atoms with Crippen LogP contribution in [0.2, 0.25) is 0 Å². The van der Waals surface area contributed by atoms with E-state index in [-0.39, 0.29) is 5.57 Å². The summed E-state index contributed by atoms with van der Waals surface area (Å²) < 4.78 is 16.9. The van der Waals surface area contributed by atoms with E-state index >= 15 is 0 Å². The summed E-state index contributed by atoms with van der Waals surface area (Å²) in [5.41, 5.74) is 0.229. The van der Waals surface area contributed by atoms with E-state index in [9.17, 15) is 4.79 Å². The SMILES string of the molecule is CCO[Si](OCC)(OCC)C(C)=C(C)C(=O)O. The minimum Gasteiger partial charge on any atom is -0.478 e. The second-order valence-corrected chi connectivity index (χ2v) is 6.14. The van der Waals surface area contributed by atoms with Gasteiger partial charge in [0.25, 0.3) is 0 Å². The highest BCUT2D eigenvalue weighted by Crippen LogP contribution is 2.23. The lowest BCUT2D eigenvalue weighted by molar-refractivity contribution is -0.132. The first-order chi connectivity index (χ1) is 7.95. The predicted molar refractivity (Wildman–Crippen MR) is 66.6 cm³/mol. The zero-order valence-electron chi connectivity index (χ0n) is 11.2. The molecule has 0 aromatic heterocycles. The molecule has 1 N–H and O–H groups in total. The van der Waals surface area contributed by atoms with Crippen molar-refractivity contribution in [2.45, 2.75) is 34.6 Å². The fourth-order valence-electron chi connectivity index (χ4n) is 1.41. The van der Waals surface area contributed by atoms with Gasteiger partial charge in [0.15, 0.2) is 0 Å². The molecular weight excluding hydrogens is 240 g/mol. The number of aliphatic carboxylic acids is 1. The van der Waals surface area contributed by atoms with Gasteiger partial charge in [-0.1, -0.05) is 0 Å². The zero-order chi connectivity index (χ0) is 13.5. The van der Waals surface area contributed by atoms with Crippen molar-refractivity contribution in [3.05, 3.63) is 10.8 Å². The average molecular weight is 262 g/mol. The lowest BCUT2D eigenvalue weighted by Crippen LogP contribution is -2.48. The highest BCUT2D eigenvalue weighted by molar-refractivity contribution is 6.69. The van der Waals surface area contributed by atoms with Gasteiger partial charge < -0.3 is 18.4 Å². The molecule has 0 saturated heterocycles. The Labute approximate surface area is 104 Å². The molecule has 0 bridgehead atoms. The Kier molecular flexibility index (Phi) is 7.29. The number of allylic oxidation sites excluding steroid dienone is 1. The molecule has 5 nitrogen and oxygen atoms in total. The minimum absolute atomic E-state index is 0.229. The van der Waals surface area contributed by atoms with Gasteiger partial charge in [-0.2, -0.15) is 0 Å². The van der Waals surface area contributed by atoms with Crippen LogP contribution < -0.4 is 0 Å². The molecule has 0 saturated carbocycles. The second kappa shape index (κ2) is 7.60. The Morgan fingerprint density at radius 3 is 1.59 bits per heavy atom. The Balaban J connectivity index is 5.39. The maximum Gasteiger partial charge on any atom is 0.533 e. The van der Waals surface area contributed by atoms with Crippen LogP contribution in [0.5, 0.6) is 0 Å². The first-order valence-electron chi connectivity index (χ1n) is 5.78. The Bertz CT molecular complexity index is 271. The molecule has 0 unspecified atom stereocenters. The standard InChI is InChI=1S/C11H22O5Si/c1-6-14-17(15-7-2,16-8-3)10(5)9(4)11(12)13/h6-8H2,1-5H3,(H,12,13). The molecule has 0 aliphatic carbocycles. The molecule has 0 aliphatic rings. The van der Waals surface area contributed by atoms with Crippen LogP contribution in [0, 0.1) is 0 Å². The third-order valence-electron chi connectivity index (χ3n) is 2.35. The molecule has 0 aliphatic heterocycles. The van der Waals surface area contributed by atoms with Crippen molar-refractivity contribution in [1.29, 1.82) is 0 Å². The van der Waals surface area contributed by atoms with Crippen LogP contribution in [-0.2, 0) is 18.1 Å². The quantitative estimate of drug-likeness (QED) is 0.535. The summed E-state index contributed by atoms with van der Waals surface area (Å²) in [6, 6.07) is 0. The maximum atomic E-state index is 11.0. The second-order valence-electron chi connectivity index (χ2n) is 3.41. The Morgan fingerprint density at radius 2 is 1.35 bits per heavy atom. The van der Waals surface area contributed by atoms with E-state index in [1.807, 2.05) is 20.8 Å². The summed E-state index contributed by atoms with van der Waals surface area (Å²) in [5, 5.41) is 9.58. The highest BCUT2D eigenvalue weighted by atomic mass is 28.4. The third-order valence-corrected chi connectivity index (χ3v) is 5.65. The van der Waals surface area contributed by atoms with Gasteiger partial charge in [0.1, 0.15) is 0 Å². The van der Waals surface area contributed by atoms with E-state index in [4.69, 9.17) is 18.4 Å². The van der Waals surface area contributed by atoms with Crippen LogP contribution in [0.3, 0.4) is 0 Å². The number of carboxylic acids is 1. The molecule has 0 atom stereocenters. The van der Waals surface area contributed by atoms with E-state index in [2.05, 4.69) is 0 Å². The van der Waals surface area contributed by atoms with Crippen molar-refractivity contribution >= 4 is 14.8 Å². The van der Waals surface area contributed by atoms with Gasteiger partial charge in [-0.25, -0.2) is 4.79 Å². The third kappa shape index (κ3) is 4.23. The summed E-state index contributed by atoms with van der Waals surface area (Å²) in [4.78, 5) is 11.0. The predicted octanol–water partition coefficient (Wildman–Crippen LogP) is 1.99. The molecular formula is C11H22O5Si. The fourth-order valence-corrected chi connectivity index (χ4v) is 4.02. The first kappa shape index (κ1) is 16.3. The van der Waals surface area contributed by atoms with Gasteiger partial charge in [0.05, 0.1) is 0 Å². The van der Waals surface area contributed by atoms with Gasteiger partial charge in [0, 0.05) is 30.6 Å². The number of carboxylic acid groups (broad SMARTS) is 1. The zero-order valence-corrected chi connectivity index (χ0v) is 12.2. The minimum atomic E-state index is -3.03. The molecule has 0 heterocycles. The van der Waals surface area contributed by atoms with Gasteiger partial charge in [-0.3, -0.25) is 0 Å². The Hall–Kier alpha value is -0.693. The van der Waals surface area contributed by atoms with Crippen LogP contribution >= 0.6 is 0 Å². The van der Waals surface area contributed by atoms with Crippen molar-refractivity contribution in [2.24, 2.45) is 0 Å². The topological polar surface area (TPSA) is 65.0 Å². The van der Waals surface area contributed by atoms with Crippen LogP contribution in [0.4, 0.5) is 0 Å². The molecule has 0 aromatic rings. The molecule has 100 valence electrons. The van der Waals surface area contributed by atoms with Gasteiger partial charge in [-0.05, 0) is 34.6 Å². The van der Waals surface area contributed by atoms with E-state index in [1.165, 1.54) is 6.92 Å². The maximum absolute atomic E-state index is 11.0. The molecule has 17 heavy (non-hydrogen) atoms. The summed E-state index contributed by atoms with van der Waals surface area (Å²) in [5.74, 6) is -0.974. The lowest BCUT2D eigenvalue weighted by Gasteiger charge is -2.29. The number of hydrogen-bond donors (Lipinski definition) is 1. The van der Waals surface area contributed by atoms with Crippen molar-refractivity contribution in [2.75, 3.05) is 19.8 Å². The van der Waals surface area contributed by atoms with E-state index in [0.29, 0.717) is 25.0 Å². The monoisotopic (exact) mass is 262 g/mol. The van der Waals surface area contributed by atoms with Gasteiger partial charge in [0.2, 0.25) is 0 Å². The molecule has 0 spiro atoms. The highest BCUT2D eigenvalue weighted by Gasteiger charge is 2.44. The van der Waals surface area contributed by atoms with E-state index in [0.717, 1.165) is 0 Å². The molecule has 0 fully saturated rings. The first-order valence-corrected chi connectivity index (χ1v) is 7.50. The van der Waals surface area contributed by atoms with Crippen molar-refractivity contribution < 1.29 is 23.2 Å². The summed E-state index contributed by atoms with van der Waals surface area (Å²) in [6.07, 6.45) is 0. The molecule has 6 heteroatoms. The van der Waals surface area contributed by atoms with Gasteiger partial charge >= 0.3 is 14.8 Å². The van der Waals surface area contributed by atoms with Crippen LogP contribution in [0.1, 0.15) is 34.6 Å². The van der Waals surface area contributed by atoms with Crippen LogP contribution in [0.15, 0.2) is 10.8 Å². The largest absolute Gasteiger partial charge is 0.533 e. The average Bonchev–Trinajstić information content (AvgIpc) is 2.27. The summed E-state index contributed by atoms with van der Waals surface area (Å²) >= 11 is 0. The summed E-state index contributed by atoms with van der Waals surface area (Å²) in [7, 11) is -3.03. The van der Waals surface area contributed by atoms with Crippen molar-refractivity contribution in [3.63, 3.8) is 0 Å². The smallest absolute Gasteiger partial charge is 0.478 e. The molecule has 0 rings (SSSR count). The molecule has 0 radical (unpaired) electrons. The fraction of sp³-hybridized carbons (Fsp3) is 0.727. The normalized spacial score (nSPS) is 13.5. The van der Waals surface area contributed by atoms with Crippen LogP contribution in [-0.4, -0.2) is 39.7 Å². The molecule has 0 aromatic carbocycles. The number of hydrogen-bond acceptors (Lipinski definition) is 4. The van der Waals surface area contributed by atoms with Crippen LogP contribution in [0.25, 0.3) is 0 Å².